The van der Waals surface area contributed by atoms with E-state index in [1.807, 2.05) is 89.2 Å². The van der Waals surface area contributed by atoms with Gasteiger partial charge in [-0.3, -0.25) is 29.4 Å². The van der Waals surface area contributed by atoms with Gasteiger partial charge in [0.05, 0.1) is 31.3 Å². The largest absolute Gasteiger partial charge is 0.467 e. The van der Waals surface area contributed by atoms with Gasteiger partial charge < -0.3 is 34.5 Å². The van der Waals surface area contributed by atoms with Crippen LogP contribution in [0.4, 0.5) is 4.79 Å². The first-order chi connectivity index (χ1) is 33.4. The summed E-state index contributed by atoms with van der Waals surface area (Å²) in [6.45, 7) is 13.3. The first-order valence-electron chi connectivity index (χ1n) is 24.8. The molecule has 5 rings (SSSR count). The lowest BCUT2D eigenvalue weighted by atomic mass is 9.83. The lowest BCUT2D eigenvalue weighted by Gasteiger charge is -2.47. The highest BCUT2D eigenvalue weighted by Gasteiger charge is 2.56. The second kappa shape index (κ2) is 25.1. The maximum absolute atomic E-state index is 14.5. The highest BCUT2D eigenvalue weighted by molar-refractivity contribution is 5.93. The molecule has 1 saturated heterocycles. The van der Waals surface area contributed by atoms with Gasteiger partial charge in [-0.2, -0.15) is 0 Å². The second-order valence-electron chi connectivity index (χ2n) is 19.7. The van der Waals surface area contributed by atoms with E-state index in [1.165, 1.54) is 24.0 Å². The van der Waals surface area contributed by atoms with E-state index in [2.05, 4.69) is 40.2 Å². The Morgan fingerprint density at radius 3 is 1.96 bits per heavy atom. The van der Waals surface area contributed by atoms with Gasteiger partial charge in [0.15, 0.2) is 11.3 Å². The van der Waals surface area contributed by atoms with Crippen molar-refractivity contribution in [2.75, 3.05) is 48.6 Å². The molecule has 3 aromatic carbocycles. The van der Waals surface area contributed by atoms with E-state index in [0.717, 1.165) is 22.3 Å². The molecule has 0 radical (unpaired) electrons. The van der Waals surface area contributed by atoms with Crippen LogP contribution in [0, 0.1) is 23.7 Å². The molecule has 70 heavy (non-hydrogen) atoms. The number of nitrogens with zero attached hydrogens (tertiary/aromatic N) is 2. The van der Waals surface area contributed by atoms with Crippen molar-refractivity contribution in [3.8, 4) is 11.1 Å². The van der Waals surface area contributed by atoms with E-state index in [1.54, 1.807) is 35.1 Å². The van der Waals surface area contributed by atoms with Crippen LogP contribution in [-0.2, 0) is 42.9 Å². The summed E-state index contributed by atoms with van der Waals surface area (Å²) in [6, 6.07) is 23.2. The molecule has 9 atom stereocenters. The molecule has 3 unspecified atom stereocenters. The molecular weight excluding hydrogens is 891 g/mol. The zero-order valence-corrected chi connectivity index (χ0v) is 43.3. The van der Waals surface area contributed by atoms with Crippen LogP contribution >= 0.6 is 0 Å². The van der Waals surface area contributed by atoms with Crippen molar-refractivity contribution in [3.05, 3.63) is 95.6 Å². The molecule has 382 valence electrons. The third-order valence-electron chi connectivity index (χ3n) is 14.6. The van der Waals surface area contributed by atoms with Crippen molar-refractivity contribution in [2.24, 2.45) is 23.7 Å². The lowest BCUT2D eigenvalue weighted by Crippen LogP contribution is -2.66. The number of fused-ring (bicyclic) bond motifs is 3. The number of ether oxygens (including phenoxy) is 4. The van der Waals surface area contributed by atoms with Crippen molar-refractivity contribution < 1.29 is 47.7 Å². The SMILES string of the molecule is CCC(=O)N([C@@H]1NCC[C@H]1C(=O)CC(OC)C(NC)C(C)CCC(=O)[C@@H](NC(=O)[C@H](C(C)C)N(C)C(=O)OCC1c2ccccc2-c2ccccc21)C(C)C)[C@@](C)(C(=O)OC)[C@H](OC)c1ccccc1. The predicted octanol–water partition coefficient (Wildman–Crippen LogP) is 7.07. The van der Waals surface area contributed by atoms with Crippen LogP contribution in [0.25, 0.3) is 11.1 Å². The number of Topliss-reactive ketones (excluding diaryl/α,β-unsaturated/α-hetero) is 2. The Labute approximate surface area is 415 Å². The number of ketones is 2. The van der Waals surface area contributed by atoms with Crippen molar-refractivity contribution in [2.45, 2.75) is 129 Å². The Morgan fingerprint density at radius 2 is 1.43 bits per heavy atom. The molecule has 15 heteroatoms. The molecule has 1 aliphatic heterocycles. The number of benzene rings is 3. The van der Waals surface area contributed by atoms with E-state index >= 15 is 0 Å². The van der Waals surface area contributed by atoms with Gasteiger partial charge in [-0.15, -0.1) is 0 Å². The second-order valence-corrected chi connectivity index (χ2v) is 19.7. The smallest absolute Gasteiger partial charge is 0.410 e. The minimum absolute atomic E-state index is 0.00289. The molecule has 0 bridgehead atoms. The van der Waals surface area contributed by atoms with Crippen LogP contribution in [0.1, 0.15) is 109 Å². The summed E-state index contributed by atoms with van der Waals surface area (Å²) in [5.41, 5.74) is 3.41. The number of rotatable bonds is 25. The summed E-state index contributed by atoms with van der Waals surface area (Å²) < 4.78 is 23.2. The molecule has 3 N–H and O–H groups in total. The summed E-state index contributed by atoms with van der Waals surface area (Å²) in [7, 11) is 7.63. The van der Waals surface area contributed by atoms with Gasteiger partial charge in [0, 0.05) is 52.5 Å². The summed E-state index contributed by atoms with van der Waals surface area (Å²) in [5.74, 6) is -3.30. The molecule has 2 aliphatic rings. The topological polar surface area (TPSA) is 182 Å². The lowest BCUT2D eigenvalue weighted by molar-refractivity contribution is -0.178. The zero-order chi connectivity index (χ0) is 51.4. The van der Waals surface area contributed by atoms with Crippen LogP contribution in [0.3, 0.4) is 0 Å². The van der Waals surface area contributed by atoms with Crippen LogP contribution in [0.15, 0.2) is 78.9 Å². The van der Waals surface area contributed by atoms with Gasteiger partial charge in [0.25, 0.3) is 0 Å². The predicted molar refractivity (Wildman–Crippen MR) is 269 cm³/mol. The maximum Gasteiger partial charge on any atom is 0.410 e. The summed E-state index contributed by atoms with van der Waals surface area (Å²) in [4.78, 5) is 87.0. The van der Waals surface area contributed by atoms with E-state index in [-0.39, 0.29) is 73.1 Å². The molecule has 15 nitrogen and oxygen atoms in total. The number of hydrogen-bond acceptors (Lipinski definition) is 12. The highest BCUT2D eigenvalue weighted by Crippen LogP contribution is 2.45. The number of nitrogens with one attached hydrogen (secondary N) is 3. The van der Waals surface area contributed by atoms with E-state index in [0.29, 0.717) is 24.9 Å². The molecule has 1 fully saturated rings. The van der Waals surface area contributed by atoms with Crippen LogP contribution in [0.2, 0.25) is 0 Å². The number of carbonyl (C=O) groups is 6. The number of esters is 1. The summed E-state index contributed by atoms with van der Waals surface area (Å²) >= 11 is 0. The van der Waals surface area contributed by atoms with Crippen LogP contribution in [0.5, 0.6) is 0 Å². The first-order valence-corrected chi connectivity index (χ1v) is 24.8. The first kappa shape index (κ1) is 55.4. The summed E-state index contributed by atoms with van der Waals surface area (Å²) in [5, 5.41) is 9.68. The van der Waals surface area contributed by atoms with E-state index < -0.39 is 59.9 Å². The Balaban J connectivity index is 1.23. The summed E-state index contributed by atoms with van der Waals surface area (Å²) in [6.07, 6.45) is -1.96. The molecule has 1 aliphatic carbocycles. The number of methoxy groups -OCH3 is 3. The average molecular weight is 968 g/mol. The minimum atomic E-state index is -1.66. The minimum Gasteiger partial charge on any atom is -0.467 e. The van der Waals surface area contributed by atoms with Crippen LogP contribution < -0.4 is 16.0 Å². The Morgan fingerprint density at radius 1 is 0.829 bits per heavy atom. The molecule has 0 spiro atoms. The third kappa shape index (κ3) is 12.0. The fourth-order valence-corrected chi connectivity index (χ4v) is 10.9. The van der Waals surface area contributed by atoms with Gasteiger partial charge in [0.2, 0.25) is 11.8 Å². The third-order valence-corrected chi connectivity index (χ3v) is 14.6. The molecular formula is C55H77N5O10. The monoisotopic (exact) mass is 968 g/mol. The molecule has 1 heterocycles. The van der Waals surface area contributed by atoms with Gasteiger partial charge in [-0.05, 0) is 78.9 Å². The molecule has 0 saturated carbocycles. The van der Waals surface area contributed by atoms with Crippen LogP contribution in [-0.4, -0.2) is 130 Å². The Hall–Kier alpha value is -5.48. The van der Waals surface area contributed by atoms with E-state index in [4.69, 9.17) is 18.9 Å². The number of hydrogen-bond donors (Lipinski definition) is 3. The van der Waals surface area contributed by atoms with Crippen molar-refractivity contribution >= 4 is 35.4 Å². The van der Waals surface area contributed by atoms with Gasteiger partial charge >= 0.3 is 12.1 Å². The van der Waals surface area contributed by atoms with E-state index in [9.17, 15) is 28.8 Å². The van der Waals surface area contributed by atoms with Crippen molar-refractivity contribution in [1.29, 1.82) is 0 Å². The fourth-order valence-electron chi connectivity index (χ4n) is 10.9. The quantitative estimate of drug-likeness (QED) is 0.0736. The standard InChI is InChI=1S/C55H77N5O10/c1-13-46(63)60(55(7,53(65)69-12)50(68-11)36-21-15-14-16-22-36)51-41(29-30-57-51)44(62)31-45(67-10)48(56-8)35(6)27-28-43(61)47(33(2)3)58-52(64)49(34(4)5)59(9)54(66)70-32-42-39-25-19-17-23-37(39)38-24-18-20-26-40(38)42/h14-26,33-35,41-42,45,47-51,56-57H,13,27-32H2,1-12H3,(H,58,64)/t35?,41-,45?,47-,48?,49-,50+,51-,55+/m0/s1. The van der Waals surface area contributed by atoms with Gasteiger partial charge in [-0.25, -0.2) is 9.59 Å². The average Bonchev–Trinajstić information content (AvgIpc) is 3.96. The number of amides is 3. The Kier molecular flexibility index (Phi) is 19.9. The zero-order valence-electron chi connectivity index (χ0n) is 43.3. The maximum atomic E-state index is 14.5. The number of likely N-dealkylation sites (N-methyl/N-ethyl adjacent to an activating group) is 2. The van der Waals surface area contributed by atoms with Crippen molar-refractivity contribution in [3.63, 3.8) is 0 Å². The molecule has 3 amide bonds. The fraction of sp³-hybridized carbons (Fsp3) is 0.564. The molecule has 3 aromatic rings. The van der Waals surface area contributed by atoms with Gasteiger partial charge in [0.1, 0.15) is 24.5 Å². The molecule has 0 aromatic heterocycles. The Bertz CT molecular complexity index is 2230. The van der Waals surface area contributed by atoms with Crippen molar-refractivity contribution in [1.82, 2.24) is 25.8 Å². The van der Waals surface area contributed by atoms with Gasteiger partial charge in [-0.1, -0.05) is 120 Å². The normalized spacial score (nSPS) is 18.9. The highest BCUT2D eigenvalue weighted by atomic mass is 16.6. The number of carbonyl (C=O) groups excluding carboxylic acids is 6.